The average molecular weight is 292 g/mol. The molecule has 110 valence electrons. The quantitative estimate of drug-likeness (QED) is 0.844. The predicted octanol–water partition coefficient (Wildman–Crippen LogP) is 3.44. The zero-order valence-electron chi connectivity index (χ0n) is 12.6. The number of nitrogens with one attached hydrogen (secondary N) is 2. The molecule has 0 spiro atoms. The van der Waals surface area contributed by atoms with Crippen LogP contribution in [-0.2, 0) is 0 Å². The van der Waals surface area contributed by atoms with Gasteiger partial charge in [-0.2, -0.15) is 11.8 Å². The Morgan fingerprint density at radius 2 is 2.15 bits per heavy atom. The number of hydrogen-bond acceptors (Lipinski definition) is 3. The fraction of sp³-hybridized carbons (Fsp3) is 0.562. The van der Waals surface area contributed by atoms with E-state index in [0.29, 0.717) is 0 Å². The Bertz CT molecular complexity index is 478. The third-order valence-corrected chi connectivity index (χ3v) is 5.47. The molecular formula is C16H24N2OS. The van der Waals surface area contributed by atoms with E-state index in [2.05, 4.69) is 16.9 Å². The van der Waals surface area contributed by atoms with Gasteiger partial charge >= 0.3 is 0 Å². The molecule has 1 aliphatic carbocycles. The summed E-state index contributed by atoms with van der Waals surface area (Å²) in [4.78, 5) is 12.4. The van der Waals surface area contributed by atoms with Gasteiger partial charge in [-0.05, 0) is 50.6 Å². The molecule has 0 saturated heterocycles. The van der Waals surface area contributed by atoms with Gasteiger partial charge in [-0.3, -0.25) is 4.79 Å². The first kappa shape index (κ1) is 15.2. The van der Waals surface area contributed by atoms with E-state index in [0.717, 1.165) is 29.9 Å². The fourth-order valence-corrected chi connectivity index (χ4v) is 3.47. The molecule has 4 heteroatoms. The Balaban J connectivity index is 2.05. The lowest BCUT2D eigenvalue weighted by Crippen LogP contribution is -2.45. The molecule has 20 heavy (non-hydrogen) atoms. The molecule has 0 aromatic heterocycles. The van der Waals surface area contributed by atoms with Gasteiger partial charge < -0.3 is 10.6 Å². The topological polar surface area (TPSA) is 41.1 Å². The maximum Gasteiger partial charge on any atom is 0.253 e. The SMILES string of the molecule is CCNc1cc(C)ccc1C(=O)NCC1(SC)CCC1. The molecule has 0 aliphatic heterocycles. The summed E-state index contributed by atoms with van der Waals surface area (Å²) in [6.45, 7) is 5.67. The van der Waals surface area contributed by atoms with Crippen molar-refractivity contribution in [3.63, 3.8) is 0 Å². The van der Waals surface area contributed by atoms with Crippen molar-refractivity contribution in [2.24, 2.45) is 0 Å². The summed E-state index contributed by atoms with van der Waals surface area (Å²) in [7, 11) is 0. The second-order valence-corrected chi connectivity index (χ2v) is 6.78. The van der Waals surface area contributed by atoms with Gasteiger partial charge in [0.05, 0.1) is 5.56 Å². The molecule has 0 atom stereocenters. The summed E-state index contributed by atoms with van der Waals surface area (Å²) in [5.41, 5.74) is 2.84. The summed E-state index contributed by atoms with van der Waals surface area (Å²) < 4.78 is 0.276. The maximum absolute atomic E-state index is 12.4. The van der Waals surface area contributed by atoms with E-state index in [1.807, 2.05) is 43.8 Å². The first-order valence-corrected chi connectivity index (χ1v) is 8.50. The van der Waals surface area contributed by atoms with Crippen LogP contribution in [0.5, 0.6) is 0 Å². The Morgan fingerprint density at radius 3 is 2.70 bits per heavy atom. The number of amides is 1. The highest BCUT2D eigenvalue weighted by molar-refractivity contribution is 8.00. The minimum atomic E-state index is 0.0290. The molecular weight excluding hydrogens is 268 g/mol. The number of rotatable bonds is 6. The van der Waals surface area contributed by atoms with Gasteiger partial charge in [0, 0.05) is 23.5 Å². The van der Waals surface area contributed by atoms with Crippen LogP contribution in [0.25, 0.3) is 0 Å². The lowest BCUT2D eigenvalue weighted by Gasteiger charge is -2.40. The van der Waals surface area contributed by atoms with Crippen LogP contribution < -0.4 is 10.6 Å². The van der Waals surface area contributed by atoms with Crippen molar-refractivity contribution in [3.8, 4) is 0 Å². The van der Waals surface area contributed by atoms with Crippen molar-refractivity contribution in [3.05, 3.63) is 29.3 Å². The fourth-order valence-electron chi connectivity index (χ4n) is 2.55. The zero-order chi connectivity index (χ0) is 14.6. The standard InChI is InChI=1S/C16H24N2OS/c1-4-17-14-10-12(2)6-7-13(14)15(19)18-11-16(20-3)8-5-9-16/h6-7,10,17H,4-5,8-9,11H2,1-3H3,(H,18,19). The van der Waals surface area contributed by atoms with Gasteiger partial charge in [-0.25, -0.2) is 0 Å². The second-order valence-electron chi connectivity index (χ2n) is 5.50. The largest absolute Gasteiger partial charge is 0.385 e. The van der Waals surface area contributed by atoms with E-state index in [9.17, 15) is 4.79 Å². The lowest BCUT2D eigenvalue weighted by atomic mass is 9.84. The predicted molar refractivity (Wildman–Crippen MR) is 87.8 cm³/mol. The Labute approximate surface area is 125 Å². The monoisotopic (exact) mass is 292 g/mol. The minimum absolute atomic E-state index is 0.0290. The summed E-state index contributed by atoms with van der Waals surface area (Å²) in [6, 6.07) is 5.94. The maximum atomic E-state index is 12.4. The highest BCUT2D eigenvalue weighted by Gasteiger charge is 2.36. The summed E-state index contributed by atoms with van der Waals surface area (Å²) >= 11 is 1.88. The molecule has 1 aliphatic rings. The van der Waals surface area contributed by atoms with Gasteiger partial charge in [0.15, 0.2) is 0 Å². The van der Waals surface area contributed by atoms with Gasteiger partial charge in [-0.1, -0.05) is 12.5 Å². The van der Waals surface area contributed by atoms with Crippen LogP contribution in [-0.4, -0.2) is 30.0 Å². The van der Waals surface area contributed by atoms with Crippen molar-refractivity contribution in [2.45, 2.75) is 37.9 Å². The number of anilines is 1. The number of carbonyl (C=O) groups is 1. The lowest BCUT2D eigenvalue weighted by molar-refractivity contribution is 0.0944. The molecule has 1 amide bonds. The van der Waals surface area contributed by atoms with Crippen LogP contribution in [0.4, 0.5) is 5.69 Å². The Morgan fingerprint density at radius 1 is 1.40 bits per heavy atom. The van der Waals surface area contributed by atoms with Crippen molar-refractivity contribution in [2.75, 3.05) is 24.7 Å². The Hall–Kier alpha value is -1.16. The molecule has 0 heterocycles. The smallest absolute Gasteiger partial charge is 0.253 e. The van der Waals surface area contributed by atoms with Crippen molar-refractivity contribution >= 4 is 23.4 Å². The van der Waals surface area contributed by atoms with E-state index in [1.165, 1.54) is 19.3 Å². The first-order chi connectivity index (χ1) is 9.60. The molecule has 2 N–H and O–H groups in total. The molecule has 1 aromatic carbocycles. The third kappa shape index (κ3) is 3.29. The highest BCUT2D eigenvalue weighted by Crippen LogP contribution is 2.42. The minimum Gasteiger partial charge on any atom is -0.385 e. The molecule has 0 bridgehead atoms. The average Bonchev–Trinajstić information content (AvgIpc) is 2.38. The molecule has 2 rings (SSSR count). The van der Waals surface area contributed by atoms with Crippen LogP contribution in [0.15, 0.2) is 18.2 Å². The summed E-state index contributed by atoms with van der Waals surface area (Å²) in [5.74, 6) is 0.0290. The number of aryl methyl sites for hydroxylation is 1. The van der Waals surface area contributed by atoms with Crippen LogP contribution >= 0.6 is 11.8 Å². The van der Waals surface area contributed by atoms with E-state index >= 15 is 0 Å². The van der Waals surface area contributed by atoms with Crippen LogP contribution in [0.1, 0.15) is 42.1 Å². The molecule has 1 saturated carbocycles. The van der Waals surface area contributed by atoms with Gasteiger partial charge in [0.2, 0.25) is 0 Å². The van der Waals surface area contributed by atoms with E-state index in [4.69, 9.17) is 0 Å². The first-order valence-electron chi connectivity index (χ1n) is 7.28. The molecule has 1 aromatic rings. The van der Waals surface area contributed by atoms with Crippen LogP contribution in [0, 0.1) is 6.92 Å². The second kappa shape index (κ2) is 6.53. The zero-order valence-corrected chi connectivity index (χ0v) is 13.4. The highest BCUT2D eigenvalue weighted by atomic mass is 32.2. The summed E-state index contributed by atoms with van der Waals surface area (Å²) in [5, 5.41) is 6.38. The normalized spacial score (nSPS) is 16.4. The van der Waals surface area contributed by atoms with Gasteiger partial charge in [0.25, 0.3) is 5.91 Å². The van der Waals surface area contributed by atoms with E-state index in [1.54, 1.807) is 0 Å². The van der Waals surface area contributed by atoms with Crippen molar-refractivity contribution in [1.82, 2.24) is 5.32 Å². The number of benzene rings is 1. The molecule has 1 fully saturated rings. The van der Waals surface area contributed by atoms with Crippen molar-refractivity contribution in [1.29, 1.82) is 0 Å². The third-order valence-electron chi connectivity index (χ3n) is 4.06. The molecule has 3 nitrogen and oxygen atoms in total. The number of carbonyl (C=O) groups excluding carboxylic acids is 1. The molecule has 0 unspecified atom stereocenters. The number of hydrogen-bond donors (Lipinski definition) is 2. The number of thioether (sulfide) groups is 1. The van der Waals surface area contributed by atoms with E-state index in [-0.39, 0.29) is 10.7 Å². The molecule has 0 radical (unpaired) electrons. The van der Waals surface area contributed by atoms with Crippen LogP contribution in [0.3, 0.4) is 0 Å². The van der Waals surface area contributed by atoms with Gasteiger partial charge in [0.1, 0.15) is 0 Å². The van der Waals surface area contributed by atoms with Gasteiger partial charge in [-0.15, -0.1) is 0 Å². The van der Waals surface area contributed by atoms with Crippen LogP contribution in [0.2, 0.25) is 0 Å². The Kier molecular flexibility index (Phi) is 4.97. The van der Waals surface area contributed by atoms with E-state index < -0.39 is 0 Å². The van der Waals surface area contributed by atoms with Crippen molar-refractivity contribution < 1.29 is 4.79 Å². The summed E-state index contributed by atoms with van der Waals surface area (Å²) in [6.07, 6.45) is 5.84.